The maximum absolute atomic E-state index is 12.1. The Bertz CT molecular complexity index is 481. The third-order valence-electron chi connectivity index (χ3n) is 3.38. The minimum absolute atomic E-state index is 0.0591. The summed E-state index contributed by atoms with van der Waals surface area (Å²) < 4.78 is 25.8. The molecule has 2 heterocycles. The van der Waals surface area contributed by atoms with Crippen molar-refractivity contribution >= 4 is 10.0 Å². The van der Waals surface area contributed by atoms with Crippen LogP contribution >= 0.6 is 0 Å². The zero-order chi connectivity index (χ0) is 12.5. The number of hydrogen-bond donors (Lipinski definition) is 1. The van der Waals surface area contributed by atoms with E-state index >= 15 is 0 Å². The van der Waals surface area contributed by atoms with Crippen molar-refractivity contribution in [2.45, 2.75) is 39.2 Å². The van der Waals surface area contributed by atoms with Gasteiger partial charge in [-0.25, -0.2) is 8.42 Å². The first-order chi connectivity index (χ1) is 8.06. The molecule has 17 heavy (non-hydrogen) atoms. The molecule has 0 aromatic carbocycles. The van der Waals surface area contributed by atoms with Gasteiger partial charge >= 0.3 is 0 Å². The summed E-state index contributed by atoms with van der Waals surface area (Å²) in [4.78, 5) is 0. The lowest BCUT2D eigenvalue weighted by Gasteiger charge is -2.34. The molecule has 0 aliphatic carbocycles. The molecular weight excluding hydrogens is 238 g/mol. The normalized spacial score (nSPS) is 22.8. The Morgan fingerprint density at radius 1 is 1.53 bits per heavy atom. The number of nitrogens with one attached hydrogen (secondary N) is 1. The quantitative estimate of drug-likeness (QED) is 0.894. The molecule has 1 N–H and O–H groups in total. The number of aryl methyl sites for hydroxylation is 1. The summed E-state index contributed by atoms with van der Waals surface area (Å²) in [5.41, 5.74) is 1.98. The number of rotatable bonds is 3. The largest absolute Gasteiger partial charge is 0.281 e. The maximum atomic E-state index is 12.1. The van der Waals surface area contributed by atoms with Crippen molar-refractivity contribution in [3.63, 3.8) is 0 Å². The summed E-state index contributed by atoms with van der Waals surface area (Å²) in [6, 6.07) is -0.0591. The van der Waals surface area contributed by atoms with Crippen molar-refractivity contribution in [3.8, 4) is 0 Å². The standard InChI is InChI=1S/C11H19N3O2S/c1-3-17(15,16)14-7-5-4-6-10(14)11-9(2)8-12-13-11/h8,10H,3-7H2,1-2H3,(H,12,13). The highest BCUT2D eigenvalue weighted by Gasteiger charge is 2.33. The topological polar surface area (TPSA) is 66.1 Å². The van der Waals surface area contributed by atoms with Crippen LogP contribution < -0.4 is 0 Å². The van der Waals surface area contributed by atoms with Gasteiger partial charge in [0.15, 0.2) is 0 Å². The van der Waals surface area contributed by atoms with Crippen LogP contribution in [-0.4, -0.2) is 35.2 Å². The van der Waals surface area contributed by atoms with Crippen LogP contribution in [0, 0.1) is 6.92 Å². The Morgan fingerprint density at radius 2 is 2.29 bits per heavy atom. The molecule has 0 saturated carbocycles. The first kappa shape index (κ1) is 12.6. The Labute approximate surface area is 102 Å². The SMILES string of the molecule is CCS(=O)(=O)N1CCCCC1c1[nH]ncc1C. The molecule has 96 valence electrons. The number of nitrogens with zero attached hydrogens (tertiary/aromatic N) is 2. The van der Waals surface area contributed by atoms with Crippen molar-refractivity contribution in [2.24, 2.45) is 0 Å². The van der Waals surface area contributed by atoms with E-state index < -0.39 is 10.0 Å². The van der Waals surface area contributed by atoms with E-state index in [0.717, 1.165) is 30.5 Å². The number of piperidine rings is 1. The van der Waals surface area contributed by atoms with Gasteiger partial charge in [-0.3, -0.25) is 5.10 Å². The molecule has 6 heteroatoms. The smallest absolute Gasteiger partial charge is 0.214 e. The lowest BCUT2D eigenvalue weighted by molar-refractivity contribution is 0.251. The highest BCUT2D eigenvalue weighted by Crippen LogP contribution is 2.33. The van der Waals surface area contributed by atoms with Gasteiger partial charge in [0, 0.05) is 6.54 Å². The molecule has 1 aliphatic rings. The van der Waals surface area contributed by atoms with E-state index in [2.05, 4.69) is 10.2 Å². The molecule has 1 atom stereocenters. The average molecular weight is 257 g/mol. The fraction of sp³-hybridized carbons (Fsp3) is 0.727. The van der Waals surface area contributed by atoms with E-state index in [1.54, 1.807) is 17.4 Å². The Kier molecular flexibility index (Phi) is 3.53. The molecule has 0 spiro atoms. The van der Waals surface area contributed by atoms with Gasteiger partial charge in [0.25, 0.3) is 0 Å². The van der Waals surface area contributed by atoms with Crippen LogP contribution in [0.3, 0.4) is 0 Å². The average Bonchev–Trinajstić information content (AvgIpc) is 2.75. The lowest BCUT2D eigenvalue weighted by atomic mass is 10.00. The van der Waals surface area contributed by atoms with Gasteiger partial charge < -0.3 is 0 Å². The van der Waals surface area contributed by atoms with Gasteiger partial charge in [-0.2, -0.15) is 9.40 Å². The highest BCUT2D eigenvalue weighted by atomic mass is 32.2. The molecule has 1 fully saturated rings. The molecule has 0 radical (unpaired) electrons. The first-order valence-corrected chi connectivity index (χ1v) is 7.66. The van der Waals surface area contributed by atoms with Crippen LogP contribution in [0.5, 0.6) is 0 Å². The van der Waals surface area contributed by atoms with E-state index in [9.17, 15) is 8.42 Å². The maximum Gasteiger partial charge on any atom is 0.214 e. The van der Waals surface area contributed by atoms with Crippen molar-refractivity contribution in [2.75, 3.05) is 12.3 Å². The molecule has 1 saturated heterocycles. The predicted octanol–water partition coefficient (Wildman–Crippen LogP) is 1.59. The zero-order valence-corrected chi connectivity index (χ0v) is 11.1. The number of H-pyrrole nitrogens is 1. The van der Waals surface area contributed by atoms with Crippen molar-refractivity contribution in [1.82, 2.24) is 14.5 Å². The van der Waals surface area contributed by atoms with Crippen LogP contribution in [0.4, 0.5) is 0 Å². The molecule has 1 aliphatic heterocycles. The lowest BCUT2D eigenvalue weighted by Crippen LogP contribution is -2.39. The van der Waals surface area contributed by atoms with Gasteiger partial charge in [-0.1, -0.05) is 6.42 Å². The summed E-state index contributed by atoms with van der Waals surface area (Å²) in [6.07, 6.45) is 4.64. The number of hydrogen-bond acceptors (Lipinski definition) is 3. The van der Waals surface area contributed by atoms with Crippen LogP contribution in [-0.2, 0) is 10.0 Å². The van der Waals surface area contributed by atoms with Crippen LogP contribution in [0.2, 0.25) is 0 Å². The third kappa shape index (κ3) is 2.37. The number of aromatic nitrogens is 2. The Balaban J connectivity index is 2.34. The van der Waals surface area contributed by atoms with Gasteiger partial charge in [-0.05, 0) is 32.3 Å². The van der Waals surface area contributed by atoms with Crippen LogP contribution in [0.1, 0.15) is 43.5 Å². The van der Waals surface area contributed by atoms with E-state index in [1.165, 1.54) is 0 Å². The first-order valence-electron chi connectivity index (χ1n) is 6.05. The summed E-state index contributed by atoms with van der Waals surface area (Å²) in [7, 11) is -3.13. The van der Waals surface area contributed by atoms with Crippen molar-refractivity contribution in [1.29, 1.82) is 0 Å². The second-order valence-electron chi connectivity index (χ2n) is 4.49. The fourth-order valence-corrected chi connectivity index (χ4v) is 3.72. The number of aromatic amines is 1. The summed E-state index contributed by atoms with van der Waals surface area (Å²) in [5, 5.41) is 6.94. The van der Waals surface area contributed by atoms with Crippen LogP contribution in [0.25, 0.3) is 0 Å². The summed E-state index contributed by atoms with van der Waals surface area (Å²) in [6.45, 7) is 4.28. The summed E-state index contributed by atoms with van der Waals surface area (Å²) >= 11 is 0. The van der Waals surface area contributed by atoms with E-state index in [1.807, 2.05) is 6.92 Å². The number of sulfonamides is 1. The molecule has 1 aromatic rings. The zero-order valence-electron chi connectivity index (χ0n) is 10.3. The second-order valence-corrected chi connectivity index (χ2v) is 6.70. The minimum atomic E-state index is -3.13. The van der Waals surface area contributed by atoms with Gasteiger partial charge in [0.1, 0.15) is 0 Å². The molecule has 1 unspecified atom stereocenters. The van der Waals surface area contributed by atoms with E-state index in [4.69, 9.17) is 0 Å². The van der Waals surface area contributed by atoms with Gasteiger partial charge in [-0.15, -0.1) is 0 Å². The molecule has 0 bridgehead atoms. The van der Waals surface area contributed by atoms with Crippen LogP contribution in [0.15, 0.2) is 6.20 Å². The molecule has 1 aromatic heterocycles. The highest BCUT2D eigenvalue weighted by molar-refractivity contribution is 7.89. The summed E-state index contributed by atoms with van der Waals surface area (Å²) in [5.74, 6) is 0.163. The van der Waals surface area contributed by atoms with E-state index in [-0.39, 0.29) is 11.8 Å². The van der Waals surface area contributed by atoms with Crippen molar-refractivity contribution < 1.29 is 8.42 Å². The van der Waals surface area contributed by atoms with Gasteiger partial charge in [0.05, 0.1) is 23.7 Å². The van der Waals surface area contributed by atoms with Crippen molar-refractivity contribution in [3.05, 3.63) is 17.5 Å². The fourth-order valence-electron chi connectivity index (χ4n) is 2.39. The Morgan fingerprint density at radius 3 is 2.88 bits per heavy atom. The molecule has 0 amide bonds. The molecule has 5 nitrogen and oxygen atoms in total. The Hall–Kier alpha value is -0.880. The third-order valence-corrected chi connectivity index (χ3v) is 5.26. The predicted molar refractivity (Wildman–Crippen MR) is 66.1 cm³/mol. The van der Waals surface area contributed by atoms with E-state index in [0.29, 0.717) is 6.54 Å². The minimum Gasteiger partial charge on any atom is -0.281 e. The monoisotopic (exact) mass is 257 g/mol. The molecular formula is C11H19N3O2S. The second kappa shape index (κ2) is 4.78. The molecule has 2 rings (SSSR count). The van der Waals surface area contributed by atoms with Gasteiger partial charge in [0.2, 0.25) is 10.0 Å².